The summed E-state index contributed by atoms with van der Waals surface area (Å²) in [6, 6.07) is 0. The molecule has 0 radical (unpaired) electrons. The standard InChI is InChI=1S/C29H50O2/c1-19(2)10-9-11-20(3)23-13-14-24-27-25(15-17-29(23,24)6)28(5)16-8-7-12-22(28)18-26(27)31-21(4)30/h19-20,22-27H,7-18H2,1-6H3/t20-,22-,23-,24+,25+,26+,27+,28+,29-/m1/s1. The van der Waals surface area contributed by atoms with Crippen molar-refractivity contribution < 1.29 is 9.53 Å². The third-order valence-electron chi connectivity index (χ3n) is 11.1. The Morgan fingerprint density at radius 1 is 0.935 bits per heavy atom. The number of rotatable bonds is 6. The molecule has 0 aliphatic heterocycles. The van der Waals surface area contributed by atoms with Crippen molar-refractivity contribution in [3.8, 4) is 0 Å². The van der Waals surface area contributed by atoms with Crippen molar-refractivity contribution in [1.29, 1.82) is 0 Å². The molecule has 0 bridgehead atoms. The first kappa shape index (κ1) is 23.6. The van der Waals surface area contributed by atoms with E-state index in [2.05, 4.69) is 34.6 Å². The predicted octanol–water partition coefficient (Wildman–Crippen LogP) is 8.04. The van der Waals surface area contributed by atoms with Crippen LogP contribution in [0.4, 0.5) is 0 Å². The van der Waals surface area contributed by atoms with Gasteiger partial charge >= 0.3 is 5.97 Å². The van der Waals surface area contributed by atoms with Crippen molar-refractivity contribution in [2.45, 2.75) is 125 Å². The molecule has 0 aromatic rings. The predicted molar refractivity (Wildman–Crippen MR) is 129 cm³/mol. The van der Waals surface area contributed by atoms with Gasteiger partial charge in [0.05, 0.1) is 0 Å². The second-order valence-electron chi connectivity index (χ2n) is 13.2. The highest BCUT2D eigenvalue weighted by Crippen LogP contribution is 2.68. The zero-order valence-corrected chi connectivity index (χ0v) is 21.4. The van der Waals surface area contributed by atoms with Crippen LogP contribution in [0.5, 0.6) is 0 Å². The summed E-state index contributed by atoms with van der Waals surface area (Å²) >= 11 is 0. The van der Waals surface area contributed by atoms with Gasteiger partial charge in [0.25, 0.3) is 0 Å². The molecule has 178 valence electrons. The highest BCUT2D eigenvalue weighted by atomic mass is 16.5. The van der Waals surface area contributed by atoms with E-state index in [1.807, 2.05) is 0 Å². The second-order valence-corrected chi connectivity index (χ2v) is 13.2. The van der Waals surface area contributed by atoms with E-state index in [1.54, 1.807) is 6.92 Å². The van der Waals surface area contributed by atoms with Gasteiger partial charge in [-0.15, -0.1) is 0 Å². The lowest BCUT2D eigenvalue weighted by Crippen LogP contribution is -2.58. The van der Waals surface area contributed by atoms with Gasteiger partial charge in [0.15, 0.2) is 0 Å². The van der Waals surface area contributed by atoms with Crippen molar-refractivity contribution >= 4 is 5.97 Å². The molecule has 9 atom stereocenters. The number of hydrogen-bond acceptors (Lipinski definition) is 2. The number of hydrogen-bond donors (Lipinski definition) is 0. The molecule has 0 saturated heterocycles. The molecule has 4 saturated carbocycles. The second kappa shape index (κ2) is 9.02. The van der Waals surface area contributed by atoms with E-state index >= 15 is 0 Å². The Bertz CT molecular complexity index is 641. The van der Waals surface area contributed by atoms with Crippen LogP contribution in [0.1, 0.15) is 119 Å². The van der Waals surface area contributed by atoms with Crippen molar-refractivity contribution in [1.82, 2.24) is 0 Å². The summed E-state index contributed by atoms with van der Waals surface area (Å²) in [5, 5.41) is 0. The highest BCUT2D eigenvalue weighted by Gasteiger charge is 2.63. The summed E-state index contributed by atoms with van der Waals surface area (Å²) in [7, 11) is 0. The number of esters is 1. The molecule has 0 spiro atoms. The summed E-state index contributed by atoms with van der Waals surface area (Å²) in [5.74, 6) is 5.37. The number of fused-ring (bicyclic) bond motifs is 5. The van der Waals surface area contributed by atoms with Crippen LogP contribution in [-0.4, -0.2) is 12.1 Å². The van der Waals surface area contributed by atoms with Crippen molar-refractivity contribution in [3.05, 3.63) is 0 Å². The van der Waals surface area contributed by atoms with Crippen molar-refractivity contribution in [2.75, 3.05) is 0 Å². The molecule has 2 heteroatoms. The largest absolute Gasteiger partial charge is 0.462 e. The summed E-state index contributed by atoms with van der Waals surface area (Å²) in [5.41, 5.74) is 0.941. The molecule has 0 aromatic heterocycles. The van der Waals surface area contributed by atoms with Gasteiger partial charge in [-0.2, -0.15) is 0 Å². The van der Waals surface area contributed by atoms with Crippen LogP contribution in [0, 0.1) is 52.3 Å². The maximum atomic E-state index is 12.1. The third kappa shape index (κ3) is 4.23. The Balaban J connectivity index is 1.57. The Morgan fingerprint density at radius 2 is 1.68 bits per heavy atom. The molecule has 0 heterocycles. The van der Waals surface area contributed by atoms with E-state index in [0.717, 1.165) is 41.9 Å². The van der Waals surface area contributed by atoms with Crippen LogP contribution < -0.4 is 0 Å². The topological polar surface area (TPSA) is 26.3 Å². The van der Waals surface area contributed by atoms with E-state index in [-0.39, 0.29) is 12.1 Å². The summed E-state index contributed by atoms with van der Waals surface area (Å²) < 4.78 is 6.16. The van der Waals surface area contributed by atoms with Gasteiger partial charge in [-0.05, 0) is 91.3 Å². The number of carbonyl (C=O) groups excluding carboxylic acids is 1. The SMILES string of the molecule is CC(=O)O[C@H]1C[C@H]2CCCC[C@]2(C)[C@H]2CC[C@]3(C)[C@@H]([C@H](C)CCCC(C)C)CC[C@H]3[C@H]12. The fourth-order valence-electron chi connectivity index (χ4n) is 9.59. The summed E-state index contributed by atoms with van der Waals surface area (Å²) in [6.45, 7) is 14.2. The van der Waals surface area contributed by atoms with Gasteiger partial charge in [0.2, 0.25) is 0 Å². The summed E-state index contributed by atoms with van der Waals surface area (Å²) in [6.07, 6.45) is 16.6. The molecule has 4 rings (SSSR count). The fraction of sp³-hybridized carbons (Fsp3) is 0.966. The normalized spacial score (nSPS) is 45.5. The fourth-order valence-corrected chi connectivity index (χ4v) is 9.59. The zero-order chi connectivity index (χ0) is 22.4. The van der Waals surface area contributed by atoms with Crippen molar-refractivity contribution in [2.24, 2.45) is 52.3 Å². The van der Waals surface area contributed by atoms with E-state index in [0.29, 0.717) is 16.7 Å². The van der Waals surface area contributed by atoms with E-state index in [1.165, 1.54) is 70.6 Å². The maximum Gasteiger partial charge on any atom is 0.302 e. The number of ether oxygens (including phenoxy) is 1. The molecular formula is C29H50O2. The van der Waals surface area contributed by atoms with E-state index < -0.39 is 0 Å². The molecule has 4 aliphatic rings. The molecule has 0 unspecified atom stereocenters. The maximum absolute atomic E-state index is 12.1. The summed E-state index contributed by atoms with van der Waals surface area (Å²) in [4.78, 5) is 12.1. The minimum atomic E-state index is -0.0490. The lowest BCUT2D eigenvalue weighted by atomic mass is 9.44. The minimum absolute atomic E-state index is 0.0490. The average Bonchev–Trinajstić information content (AvgIpc) is 3.04. The van der Waals surface area contributed by atoms with Crippen molar-refractivity contribution in [3.63, 3.8) is 0 Å². The molecule has 0 aromatic carbocycles. The average molecular weight is 431 g/mol. The lowest BCUT2D eigenvalue weighted by Gasteiger charge is -2.62. The van der Waals surface area contributed by atoms with Gasteiger partial charge in [-0.25, -0.2) is 0 Å². The van der Waals surface area contributed by atoms with Crippen LogP contribution in [-0.2, 0) is 9.53 Å². The minimum Gasteiger partial charge on any atom is -0.462 e. The molecule has 4 aliphatic carbocycles. The highest BCUT2D eigenvalue weighted by molar-refractivity contribution is 5.66. The Hall–Kier alpha value is -0.530. The molecule has 0 amide bonds. The molecule has 4 fully saturated rings. The third-order valence-corrected chi connectivity index (χ3v) is 11.1. The van der Waals surface area contributed by atoms with Gasteiger partial charge in [0.1, 0.15) is 6.10 Å². The van der Waals surface area contributed by atoms with Crippen LogP contribution in [0.25, 0.3) is 0 Å². The van der Waals surface area contributed by atoms with Gasteiger partial charge in [-0.3, -0.25) is 4.79 Å². The molecule has 0 N–H and O–H groups in total. The first-order valence-electron chi connectivity index (χ1n) is 13.8. The van der Waals surface area contributed by atoms with E-state index in [9.17, 15) is 4.79 Å². The molecule has 2 nitrogen and oxygen atoms in total. The van der Waals surface area contributed by atoms with Crippen LogP contribution in [0.3, 0.4) is 0 Å². The van der Waals surface area contributed by atoms with Crippen LogP contribution in [0.15, 0.2) is 0 Å². The monoisotopic (exact) mass is 430 g/mol. The number of carbonyl (C=O) groups is 1. The molecular weight excluding hydrogens is 380 g/mol. The van der Waals surface area contributed by atoms with E-state index in [4.69, 9.17) is 4.74 Å². The lowest BCUT2D eigenvalue weighted by molar-refractivity contribution is -0.189. The van der Waals surface area contributed by atoms with Crippen LogP contribution in [0.2, 0.25) is 0 Å². The first-order chi connectivity index (χ1) is 14.7. The van der Waals surface area contributed by atoms with Gasteiger partial charge in [-0.1, -0.05) is 66.7 Å². The van der Waals surface area contributed by atoms with Crippen LogP contribution >= 0.6 is 0 Å². The smallest absolute Gasteiger partial charge is 0.302 e. The Labute approximate surface area is 192 Å². The Morgan fingerprint density at radius 3 is 2.39 bits per heavy atom. The quantitative estimate of drug-likeness (QED) is 0.398. The van der Waals surface area contributed by atoms with Gasteiger partial charge < -0.3 is 4.74 Å². The first-order valence-corrected chi connectivity index (χ1v) is 13.8. The van der Waals surface area contributed by atoms with Gasteiger partial charge in [0, 0.05) is 12.8 Å². The molecule has 31 heavy (non-hydrogen) atoms. The Kier molecular flexibility index (Phi) is 6.87. The zero-order valence-electron chi connectivity index (χ0n) is 21.4.